The van der Waals surface area contributed by atoms with Gasteiger partial charge in [0.2, 0.25) is 5.95 Å². The maximum Gasteiger partial charge on any atom is 0.420 e. The molecule has 15 heteroatoms. The number of carbonyl (C=O) groups is 1. The molecule has 1 aromatic carbocycles. The van der Waals surface area contributed by atoms with Gasteiger partial charge in [-0.3, -0.25) is 4.79 Å². The average Bonchev–Trinajstić information content (AvgIpc) is 3.39. The van der Waals surface area contributed by atoms with E-state index in [4.69, 9.17) is 0 Å². The molecule has 2 aliphatic rings. The van der Waals surface area contributed by atoms with Crippen molar-refractivity contribution in [3.63, 3.8) is 0 Å². The highest BCUT2D eigenvalue weighted by Gasteiger charge is 2.38. The number of nitrogens with zero attached hydrogens (tertiary/aromatic N) is 4. The van der Waals surface area contributed by atoms with Crippen molar-refractivity contribution >= 4 is 44.4 Å². The predicted octanol–water partition coefficient (Wildman–Crippen LogP) is 3.16. The van der Waals surface area contributed by atoms with Crippen LogP contribution in [0.25, 0.3) is 10.6 Å². The third-order valence-electron chi connectivity index (χ3n) is 7.21. The minimum atomic E-state index is -4.82. The second kappa shape index (κ2) is 11.2. The smallest absolute Gasteiger partial charge is 0.394 e. The van der Waals surface area contributed by atoms with Gasteiger partial charge in [-0.2, -0.15) is 13.2 Å². The first-order valence-corrected chi connectivity index (χ1v) is 15.4. The summed E-state index contributed by atoms with van der Waals surface area (Å²) in [5.74, 6) is -1.01. The molecule has 0 spiro atoms. The monoisotopic (exact) mass is 610 g/mol. The number of hydrogen-bond donors (Lipinski definition) is 3. The fraction of sp³-hybridized carbons (Fsp3) is 0.423. The number of amides is 1. The van der Waals surface area contributed by atoms with Gasteiger partial charge in [0, 0.05) is 50.8 Å². The fourth-order valence-electron chi connectivity index (χ4n) is 4.91. The van der Waals surface area contributed by atoms with E-state index in [-0.39, 0.29) is 45.5 Å². The largest absolute Gasteiger partial charge is 0.420 e. The third-order valence-corrected chi connectivity index (χ3v) is 10.2. The number of benzene rings is 1. The molecule has 0 aliphatic carbocycles. The van der Waals surface area contributed by atoms with Gasteiger partial charge in [0.05, 0.1) is 33.9 Å². The zero-order valence-corrected chi connectivity index (χ0v) is 24.0. The molecule has 1 unspecified atom stereocenters. The van der Waals surface area contributed by atoms with Gasteiger partial charge in [-0.15, -0.1) is 11.3 Å². The zero-order chi connectivity index (χ0) is 29.5. The maximum atomic E-state index is 14.0. The normalized spacial score (nSPS) is 19.2. The Morgan fingerprint density at radius 1 is 1.24 bits per heavy atom. The Morgan fingerprint density at radius 3 is 2.73 bits per heavy atom. The van der Waals surface area contributed by atoms with Crippen LogP contribution in [0.15, 0.2) is 35.4 Å². The number of anilines is 3. The summed E-state index contributed by atoms with van der Waals surface area (Å²) in [5, 5.41) is 16.0. The minimum Gasteiger partial charge on any atom is -0.394 e. The number of carbonyl (C=O) groups excluding carboxylic acids is 1. The molecule has 10 nitrogen and oxygen atoms in total. The van der Waals surface area contributed by atoms with E-state index >= 15 is 0 Å². The average molecular weight is 611 g/mol. The first-order chi connectivity index (χ1) is 19.4. The third kappa shape index (κ3) is 5.76. The summed E-state index contributed by atoms with van der Waals surface area (Å²) in [6, 6.07) is 6.64. The Kier molecular flexibility index (Phi) is 7.98. The molecule has 5 rings (SSSR count). The summed E-state index contributed by atoms with van der Waals surface area (Å²) in [4.78, 5) is 23.7. The molecule has 1 saturated heterocycles. The Bertz CT molecular complexity index is 1580. The lowest BCUT2D eigenvalue weighted by Crippen LogP contribution is -2.53. The van der Waals surface area contributed by atoms with Gasteiger partial charge < -0.3 is 25.5 Å². The van der Waals surface area contributed by atoms with Gasteiger partial charge in [0.15, 0.2) is 9.84 Å². The number of rotatable bonds is 6. The summed E-state index contributed by atoms with van der Waals surface area (Å²) in [6.07, 6.45) is -3.56. The minimum absolute atomic E-state index is 0.00797. The Morgan fingerprint density at radius 2 is 2.02 bits per heavy atom. The number of halogens is 3. The van der Waals surface area contributed by atoms with Crippen LogP contribution >= 0.6 is 11.3 Å². The SMILES string of the molecule is CCc1cc(N2CCNCC2CO)ccc1Nc1ncc(C(F)(F)F)c(-c2cc3c(s2)C(=O)N(C)CCS3(=O)=O)n1. The van der Waals surface area contributed by atoms with Crippen LogP contribution in [-0.4, -0.2) is 85.9 Å². The number of sulfone groups is 1. The summed E-state index contributed by atoms with van der Waals surface area (Å²) in [6.45, 7) is 4.06. The van der Waals surface area contributed by atoms with Gasteiger partial charge in [-0.25, -0.2) is 18.4 Å². The number of aliphatic hydroxyl groups excluding tert-OH is 1. The van der Waals surface area contributed by atoms with Gasteiger partial charge in [-0.1, -0.05) is 6.92 Å². The number of fused-ring (bicyclic) bond motifs is 1. The number of piperazine rings is 1. The lowest BCUT2D eigenvalue weighted by molar-refractivity contribution is -0.137. The molecule has 0 bridgehead atoms. The highest BCUT2D eigenvalue weighted by atomic mass is 32.2. The van der Waals surface area contributed by atoms with E-state index in [1.54, 1.807) is 6.07 Å². The summed E-state index contributed by atoms with van der Waals surface area (Å²) in [5.41, 5.74) is 0.722. The predicted molar refractivity (Wildman–Crippen MR) is 150 cm³/mol. The van der Waals surface area contributed by atoms with Crippen molar-refractivity contribution < 1.29 is 31.5 Å². The highest BCUT2D eigenvalue weighted by molar-refractivity contribution is 7.91. The van der Waals surface area contributed by atoms with Crippen LogP contribution in [0.4, 0.5) is 30.5 Å². The molecule has 4 heterocycles. The van der Waals surface area contributed by atoms with E-state index in [0.29, 0.717) is 42.7 Å². The van der Waals surface area contributed by atoms with E-state index < -0.39 is 33.2 Å². The fourth-order valence-corrected chi connectivity index (χ4v) is 7.94. The molecule has 1 fully saturated rings. The maximum absolute atomic E-state index is 14.0. The Balaban J connectivity index is 1.53. The number of aromatic nitrogens is 2. The molecule has 41 heavy (non-hydrogen) atoms. The van der Waals surface area contributed by atoms with Crippen LogP contribution in [0.3, 0.4) is 0 Å². The summed E-state index contributed by atoms with van der Waals surface area (Å²) >= 11 is 0.669. The molecular weight excluding hydrogens is 581 g/mol. The number of hydrogen-bond acceptors (Lipinski definition) is 10. The van der Waals surface area contributed by atoms with Crippen molar-refractivity contribution in [3.8, 4) is 10.6 Å². The van der Waals surface area contributed by atoms with Crippen molar-refractivity contribution in [2.75, 3.05) is 55.8 Å². The first-order valence-electron chi connectivity index (χ1n) is 13.0. The van der Waals surface area contributed by atoms with Crippen LogP contribution < -0.4 is 15.5 Å². The molecule has 3 aromatic rings. The topological polar surface area (TPSA) is 128 Å². The van der Waals surface area contributed by atoms with E-state index in [1.165, 1.54) is 11.9 Å². The van der Waals surface area contributed by atoms with Crippen molar-refractivity contribution in [2.24, 2.45) is 0 Å². The molecule has 1 atom stereocenters. The number of aliphatic hydroxyl groups is 1. The number of nitrogens with one attached hydrogen (secondary N) is 2. The van der Waals surface area contributed by atoms with Gasteiger partial charge in [0.25, 0.3) is 5.91 Å². The number of aryl methyl sites for hydroxylation is 1. The lowest BCUT2D eigenvalue weighted by atomic mass is 10.1. The molecule has 220 valence electrons. The Labute approximate surface area is 239 Å². The standard InChI is InChI=1S/C26H29F3N6O4S2/c1-3-15-10-16(35-7-6-30-12-17(35)14-36)4-5-19(15)32-25-31-13-18(26(27,28)29)22(33-25)20-11-21-23(40-20)24(37)34(2)8-9-41(21,38)39/h4-5,10-11,13,17,30,36H,3,6-9,12,14H2,1-2H3,(H,31,32,33). The number of thiophene rings is 1. The van der Waals surface area contributed by atoms with Crippen molar-refractivity contribution in [1.29, 1.82) is 0 Å². The number of alkyl halides is 3. The second-order valence-electron chi connectivity index (χ2n) is 9.86. The van der Waals surface area contributed by atoms with Crippen molar-refractivity contribution in [3.05, 3.63) is 46.5 Å². The van der Waals surface area contributed by atoms with Gasteiger partial charge in [-0.05, 0) is 36.2 Å². The van der Waals surface area contributed by atoms with E-state index in [9.17, 15) is 31.5 Å². The van der Waals surface area contributed by atoms with Gasteiger partial charge in [0.1, 0.15) is 10.4 Å². The first kappa shape index (κ1) is 29.2. The van der Waals surface area contributed by atoms with E-state index in [0.717, 1.165) is 23.9 Å². The molecule has 0 radical (unpaired) electrons. The van der Waals surface area contributed by atoms with Crippen molar-refractivity contribution in [2.45, 2.75) is 30.5 Å². The van der Waals surface area contributed by atoms with Gasteiger partial charge >= 0.3 is 6.18 Å². The molecule has 0 saturated carbocycles. The summed E-state index contributed by atoms with van der Waals surface area (Å²) in [7, 11) is -2.44. The molecule has 2 aromatic heterocycles. The Hall–Kier alpha value is -3.27. The van der Waals surface area contributed by atoms with Crippen LogP contribution in [-0.2, 0) is 22.4 Å². The lowest BCUT2D eigenvalue weighted by Gasteiger charge is -2.37. The quantitative estimate of drug-likeness (QED) is 0.386. The zero-order valence-electron chi connectivity index (χ0n) is 22.3. The van der Waals surface area contributed by atoms with Crippen molar-refractivity contribution in [1.82, 2.24) is 20.2 Å². The molecular formula is C26H29F3N6O4S2. The van der Waals surface area contributed by atoms with Crippen LogP contribution in [0, 0.1) is 0 Å². The summed E-state index contributed by atoms with van der Waals surface area (Å²) < 4.78 is 67.7. The second-order valence-corrected chi connectivity index (χ2v) is 13.0. The highest BCUT2D eigenvalue weighted by Crippen LogP contribution is 2.42. The van der Waals surface area contributed by atoms with Crippen LogP contribution in [0.2, 0.25) is 0 Å². The van der Waals surface area contributed by atoms with E-state index in [1.807, 2.05) is 19.1 Å². The van der Waals surface area contributed by atoms with Crippen LogP contribution in [0.1, 0.15) is 27.7 Å². The van der Waals surface area contributed by atoms with E-state index in [2.05, 4.69) is 25.5 Å². The molecule has 3 N–H and O–H groups in total. The molecule has 1 amide bonds. The van der Waals surface area contributed by atoms with Crippen LogP contribution in [0.5, 0.6) is 0 Å². The molecule has 2 aliphatic heterocycles.